The number of amides is 2. The van der Waals surface area contributed by atoms with Crippen LogP contribution in [0.4, 0.5) is 15.8 Å². The lowest BCUT2D eigenvalue weighted by Crippen LogP contribution is -2.40. The Bertz CT molecular complexity index is 817. The molecule has 2 amide bonds. The normalized spacial score (nSPS) is 13.4. The molecule has 1 N–H and O–H groups in total. The molecule has 1 aliphatic rings. The second kappa shape index (κ2) is 9.35. The van der Waals surface area contributed by atoms with Gasteiger partial charge in [-0.3, -0.25) is 9.59 Å². The molecule has 5 nitrogen and oxygen atoms in total. The number of carbonyl (C=O) groups is 2. The van der Waals surface area contributed by atoms with Crippen LogP contribution in [0, 0.1) is 5.82 Å². The fourth-order valence-electron chi connectivity index (χ4n) is 3.44. The van der Waals surface area contributed by atoms with Crippen molar-refractivity contribution in [2.75, 3.05) is 36.0 Å². The molecule has 0 radical (unpaired) electrons. The molecule has 0 aliphatic carbocycles. The third kappa shape index (κ3) is 5.09. The van der Waals surface area contributed by atoms with Crippen molar-refractivity contribution in [2.45, 2.75) is 26.2 Å². The maximum Gasteiger partial charge on any atom is 0.240 e. The van der Waals surface area contributed by atoms with E-state index in [0.29, 0.717) is 24.2 Å². The van der Waals surface area contributed by atoms with Gasteiger partial charge in [-0.1, -0.05) is 18.2 Å². The molecule has 0 bridgehead atoms. The first-order valence-corrected chi connectivity index (χ1v) is 9.68. The number of benzene rings is 2. The maximum absolute atomic E-state index is 13.6. The van der Waals surface area contributed by atoms with Crippen LogP contribution in [0.5, 0.6) is 0 Å². The molecule has 148 valence electrons. The van der Waals surface area contributed by atoms with E-state index >= 15 is 0 Å². The molecule has 0 unspecified atom stereocenters. The van der Waals surface area contributed by atoms with Crippen LogP contribution in [0.2, 0.25) is 0 Å². The molecule has 0 spiro atoms. The van der Waals surface area contributed by atoms with E-state index < -0.39 is 0 Å². The van der Waals surface area contributed by atoms with Crippen molar-refractivity contribution in [1.29, 1.82) is 0 Å². The number of nitrogens with zero attached hydrogens (tertiary/aromatic N) is 2. The molecule has 3 rings (SSSR count). The van der Waals surface area contributed by atoms with Crippen molar-refractivity contribution in [3.63, 3.8) is 0 Å². The first kappa shape index (κ1) is 19.9. The first-order chi connectivity index (χ1) is 13.5. The molecule has 1 saturated heterocycles. The van der Waals surface area contributed by atoms with Crippen molar-refractivity contribution in [2.24, 2.45) is 0 Å². The molecule has 0 saturated carbocycles. The van der Waals surface area contributed by atoms with Gasteiger partial charge in [0, 0.05) is 37.9 Å². The van der Waals surface area contributed by atoms with E-state index in [4.69, 9.17) is 0 Å². The Kier molecular flexibility index (Phi) is 6.63. The van der Waals surface area contributed by atoms with Crippen molar-refractivity contribution in [3.8, 4) is 0 Å². The van der Waals surface area contributed by atoms with Crippen LogP contribution in [0.3, 0.4) is 0 Å². The van der Waals surface area contributed by atoms with Gasteiger partial charge in [-0.25, -0.2) is 4.39 Å². The minimum atomic E-state index is -0.278. The summed E-state index contributed by atoms with van der Waals surface area (Å²) in [5.74, 6) is -0.742. The lowest BCUT2D eigenvalue weighted by molar-refractivity contribution is -0.123. The second-order valence-corrected chi connectivity index (χ2v) is 7.01. The summed E-state index contributed by atoms with van der Waals surface area (Å²) >= 11 is 0. The number of hydrogen-bond donors (Lipinski definition) is 1. The average molecular weight is 383 g/mol. The van der Waals surface area contributed by atoms with Gasteiger partial charge in [0.15, 0.2) is 0 Å². The van der Waals surface area contributed by atoms with E-state index in [1.54, 1.807) is 18.2 Å². The standard InChI is InChI=1S/C22H26FN3O2/c1-17(27)26(20-10-8-19(9-11-20)25-14-4-5-15-25)16-22(28)24-13-12-18-6-2-3-7-21(18)23/h2-3,6-11H,4-5,12-16H2,1H3,(H,24,28). The number of nitrogens with one attached hydrogen (secondary N) is 1. The summed E-state index contributed by atoms with van der Waals surface area (Å²) in [5.41, 5.74) is 2.39. The predicted octanol–water partition coefficient (Wildman–Crippen LogP) is 3.14. The Morgan fingerprint density at radius 2 is 1.75 bits per heavy atom. The number of anilines is 2. The Morgan fingerprint density at radius 1 is 1.07 bits per heavy atom. The quantitative estimate of drug-likeness (QED) is 0.799. The average Bonchev–Trinajstić information content (AvgIpc) is 3.22. The third-order valence-electron chi connectivity index (χ3n) is 4.99. The van der Waals surface area contributed by atoms with Crippen LogP contribution >= 0.6 is 0 Å². The van der Waals surface area contributed by atoms with Crippen LogP contribution in [0.1, 0.15) is 25.3 Å². The van der Waals surface area contributed by atoms with Gasteiger partial charge < -0.3 is 15.1 Å². The molecule has 28 heavy (non-hydrogen) atoms. The van der Waals surface area contributed by atoms with Gasteiger partial charge in [-0.05, 0) is 55.2 Å². The van der Waals surface area contributed by atoms with E-state index in [2.05, 4.69) is 10.2 Å². The van der Waals surface area contributed by atoms with Crippen molar-refractivity contribution in [3.05, 3.63) is 59.9 Å². The summed E-state index contributed by atoms with van der Waals surface area (Å²) in [4.78, 5) is 28.1. The van der Waals surface area contributed by atoms with Gasteiger partial charge in [-0.15, -0.1) is 0 Å². The van der Waals surface area contributed by atoms with E-state index in [1.165, 1.54) is 30.7 Å². The smallest absolute Gasteiger partial charge is 0.240 e. The number of halogens is 1. The highest BCUT2D eigenvalue weighted by Gasteiger charge is 2.17. The van der Waals surface area contributed by atoms with Gasteiger partial charge >= 0.3 is 0 Å². The molecular formula is C22H26FN3O2. The molecule has 2 aromatic rings. The van der Waals surface area contributed by atoms with Crippen LogP contribution in [0.25, 0.3) is 0 Å². The lowest BCUT2D eigenvalue weighted by atomic mass is 10.1. The predicted molar refractivity (Wildman–Crippen MR) is 109 cm³/mol. The van der Waals surface area contributed by atoms with Crippen molar-refractivity contribution >= 4 is 23.2 Å². The summed E-state index contributed by atoms with van der Waals surface area (Å²) in [6, 6.07) is 14.2. The highest BCUT2D eigenvalue weighted by atomic mass is 19.1. The zero-order chi connectivity index (χ0) is 19.9. The second-order valence-electron chi connectivity index (χ2n) is 7.01. The monoisotopic (exact) mass is 383 g/mol. The topological polar surface area (TPSA) is 52.7 Å². The van der Waals surface area contributed by atoms with Crippen LogP contribution < -0.4 is 15.1 Å². The van der Waals surface area contributed by atoms with E-state index in [1.807, 2.05) is 24.3 Å². The van der Waals surface area contributed by atoms with E-state index in [0.717, 1.165) is 18.8 Å². The molecule has 1 aliphatic heterocycles. The van der Waals surface area contributed by atoms with Gasteiger partial charge in [0.05, 0.1) is 0 Å². The van der Waals surface area contributed by atoms with Crippen LogP contribution in [-0.2, 0) is 16.0 Å². The zero-order valence-electron chi connectivity index (χ0n) is 16.2. The summed E-state index contributed by atoms with van der Waals surface area (Å²) in [7, 11) is 0. The largest absolute Gasteiger partial charge is 0.372 e. The lowest BCUT2D eigenvalue weighted by Gasteiger charge is -2.23. The third-order valence-corrected chi connectivity index (χ3v) is 4.99. The SMILES string of the molecule is CC(=O)N(CC(=O)NCCc1ccccc1F)c1ccc(N2CCCC2)cc1. The highest BCUT2D eigenvalue weighted by Crippen LogP contribution is 2.24. The Labute approximate surface area is 165 Å². The molecule has 1 fully saturated rings. The fraction of sp³-hybridized carbons (Fsp3) is 0.364. The maximum atomic E-state index is 13.6. The molecular weight excluding hydrogens is 357 g/mol. The van der Waals surface area contributed by atoms with Gasteiger partial charge in [0.2, 0.25) is 11.8 Å². The van der Waals surface area contributed by atoms with Crippen molar-refractivity contribution in [1.82, 2.24) is 5.32 Å². The van der Waals surface area contributed by atoms with Crippen LogP contribution in [-0.4, -0.2) is 38.0 Å². The minimum Gasteiger partial charge on any atom is -0.372 e. The molecule has 2 aromatic carbocycles. The van der Waals surface area contributed by atoms with E-state index in [9.17, 15) is 14.0 Å². The highest BCUT2D eigenvalue weighted by molar-refractivity contribution is 5.97. The minimum absolute atomic E-state index is 0.0599. The number of carbonyl (C=O) groups excluding carboxylic acids is 2. The zero-order valence-corrected chi connectivity index (χ0v) is 16.2. The number of rotatable bonds is 7. The fourth-order valence-corrected chi connectivity index (χ4v) is 3.44. The molecule has 0 aromatic heterocycles. The van der Waals surface area contributed by atoms with Gasteiger partial charge in [-0.2, -0.15) is 0 Å². The number of hydrogen-bond acceptors (Lipinski definition) is 3. The van der Waals surface area contributed by atoms with Crippen LogP contribution in [0.15, 0.2) is 48.5 Å². The van der Waals surface area contributed by atoms with Crippen molar-refractivity contribution < 1.29 is 14.0 Å². The van der Waals surface area contributed by atoms with Gasteiger partial charge in [0.25, 0.3) is 0 Å². The molecule has 6 heteroatoms. The molecule has 0 atom stereocenters. The Morgan fingerprint density at radius 3 is 2.39 bits per heavy atom. The molecule has 1 heterocycles. The summed E-state index contributed by atoms with van der Waals surface area (Å²) < 4.78 is 13.6. The summed E-state index contributed by atoms with van der Waals surface area (Å²) in [5, 5.41) is 2.76. The Balaban J connectivity index is 1.55. The first-order valence-electron chi connectivity index (χ1n) is 9.68. The van der Waals surface area contributed by atoms with Gasteiger partial charge in [0.1, 0.15) is 12.4 Å². The van der Waals surface area contributed by atoms with E-state index in [-0.39, 0.29) is 24.2 Å². The summed E-state index contributed by atoms with van der Waals surface area (Å²) in [6.07, 6.45) is 2.81. The summed E-state index contributed by atoms with van der Waals surface area (Å²) in [6.45, 7) is 3.82. The Hall–Kier alpha value is -2.89.